The van der Waals surface area contributed by atoms with E-state index in [1.807, 2.05) is 6.92 Å². The number of nitrogens with one attached hydrogen (secondary N) is 3. The van der Waals surface area contributed by atoms with Crippen LogP contribution in [0.4, 0.5) is 10.5 Å². The van der Waals surface area contributed by atoms with Crippen molar-refractivity contribution < 1.29 is 9.59 Å². The molecular weight excluding hydrogens is 324 g/mol. The lowest BCUT2D eigenvalue weighted by molar-refractivity contribution is -0.115. The van der Waals surface area contributed by atoms with Gasteiger partial charge < -0.3 is 16.0 Å². The molecule has 0 bridgehead atoms. The van der Waals surface area contributed by atoms with E-state index in [2.05, 4.69) is 45.2 Å². The molecular formula is C17H20N4O2S. The van der Waals surface area contributed by atoms with Crippen molar-refractivity contribution in [3.63, 3.8) is 0 Å². The molecule has 0 radical (unpaired) electrons. The van der Waals surface area contributed by atoms with Gasteiger partial charge in [0.25, 0.3) is 0 Å². The van der Waals surface area contributed by atoms with Crippen molar-refractivity contribution in [2.24, 2.45) is 0 Å². The van der Waals surface area contributed by atoms with Crippen molar-refractivity contribution in [1.82, 2.24) is 15.6 Å². The number of benzene rings is 1. The fourth-order valence-corrected chi connectivity index (χ4v) is 2.60. The van der Waals surface area contributed by atoms with E-state index in [-0.39, 0.29) is 18.5 Å². The van der Waals surface area contributed by atoms with E-state index in [4.69, 9.17) is 0 Å². The van der Waals surface area contributed by atoms with E-state index in [9.17, 15) is 9.59 Å². The first-order valence-electron chi connectivity index (χ1n) is 7.54. The van der Waals surface area contributed by atoms with Crippen molar-refractivity contribution in [3.05, 3.63) is 54.4 Å². The summed E-state index contributed by atoms with van der Waals surface area (Å²) in [6.45, 7) is 2.48. The smallest absolute Gasteiger partial charge is 0.315 e. The first-order valence-corrected chi connectivity index (χ1v) is 8.53. The van der Waals surface area contributed by atoms with Gasteiger partial charge in [0.1, 0.15) is 0 Å². The highest BCUT2D eigenvalue weighted by Gasteiger charge is 2.05. The van der Waals surface area contributed by atoms with E-state index in [0.717, 1.165) is 5.75 Å². The van der Waals surface area contributed by atoms with Crippen molar-refractivity contribution in [2.75, 3.05) is 24.2 Å². The zero-order valence-corrected chi connectivity index (χ0v) is 14.2. The molecule has 0 unspecified atom stereocenters. The Hall–Kier alpha value is -2.54. The minimum absolute atomic E-state index is 0.0914. The second-order valence-electron chi connectivity index (χ2n) is 5.06. The van der Waals surface area contributed by atoms with Crippen LogP contribution in [0, 0.1) is 6.92 Å². The van der Waals surface area contributed by atoms with Gasteiger partial charge in [0.15, 0.2) is 0 Å². The van der Waals surface area contributed by atoms with Crippen LogP contribution in [0.15, 0.2) is 53.7 Å². The summed E-state index contributed by atoms with van der Waals surface area (Å²) < 4.78 is 0. The van der Waals surface area contributed by atoms with E-state index >= 15 is 0 Å². The molecule has 0 aliphatic heterocycles. The Bertz CT molecular complexity index is 662. The van der Waals surface area contributed by atoms with Crippen LogP contribution in [0.5, 0.6) is 0 Å². The predicted octanol–water partition coefficient (Wildman–Crippen LogP) is 2.42. The molecule has 2 aromatic rings. The van der Waals surface area contributed by atoms with Crippen LogP contribution in [0.2, 0.25) is 0 Å². The fourth-order valence-electron chi connectivity index (χ4n) is 1.83. The second kappa shape index (κ2) is 9.57. The third-order valence-corrected chi connectivity index (χ3v) is 4.05. The molecule has 1 aromatic heterocycles. The zero-order valence-electron chi connectivity index (χ0n) is 13.4. The van der Waals surface area contributed by atoms with Crippen LogP contribution >= 0.6 is 11.8 Å². The maximum atomic E-state index is 11.7. The average Bonchev–Trinajstić information content (AvgIpc) is 2.59. The van der Waals surface area contributed by atoms with Gasteiger partial charge in [-0.2, -0.15) is 0 Å². The Labute approximate surface area is 145 Å². The molecule has 2 rings (SSSR count). The number of hydrogen-bond acceptors (Lipinski definition) is 4. The molecule has 7 heteroatoms. The minimum atomic E-state index is -0.360. The predicted molar refractivity (Wildman–Crippen MR) is 96.2 cm³/mol. The Balaban J connectivity index is 1.58. The number of hydrogen-bond donors (Lipinski definition) is 3. The molecule has 3 N–H and O–H groups in total. The SMILES string of the molecule is Cc1ccc(SCCNC(=O)NCC(=O)Nc2cccnc2)cc1. The molecule has 0 fully saturated rings. The van der Waals surface area contributed by atoms with Crippen LogP contribution in [0.3, 0.4) is 0 Å². The Morgan fingerprint density at radius 3 is 2.62 bits per heavy atom. The van der Waals surface area contributed by atoms with Gasteiger partial charge in [-0.15, -0.1) is 11.8 Å². The summed E-state index contributed by atoms with van der Waals surface area (Å²) in [4.78, 5) is 28.4. The molecule has 126 valence electrons. The van der Waals surface area contributed by atoms with Gasteiger partial charge in [-0.05, 0) is 31.2 Å². The van der Waals surface area contributed by atoms with Gasteiger partial charge >= 0.3 is 6.03 Å². The quantitative estimate of drug-likeness (QED) is 0.532. The summed E-state index contributed by atoms with van der Waals surface area (Å²) in [5, 5.41) is 7.88. The average molecular weight is 344 g/mol. The molecule has 0 aliphatic rings. The molecule has 0 aliphatic carbocycles. The summed E-state index contributed by atoms with van der Waals surface area (Å²) >= 11 is 1.67. The molecule has 1 aromatic carbocycles. The van der Waals surface area contributed by atoms with Gasteiger partial charge in [0, 0.05) is 23.4 Å². The normalized spacial score (nSPS) is 10.0. The maximum Gasteiger partial charge on any atom is 0.315 e. The Kier molecular flexibility index (Phi) is 7.10. The number of pyridine rings is 1. The molecule has 24 heavy (non-hydrogen) atoms. The van der Waals surface area contributed by atoms with Crippen molar-refractivity contribution in [2.45, 2.75) is 11.8 Å². The van der Waals surface area contributed by atoms with Crippen LogP contribution in [0.1, 0.15) is 5.56 Å². The van der Waals surface area contributed by atoms with E-state index in [1.165, 1.54) is 10.5 Å². The number of aryl methyl sites for hydroxylation is 1. The number of rotatable bonds is 7. The third kappa shape index (κ3) is 6.70. The molecule has 1 heterocycles. The molecule has 6 nitrogen and oxygen atoms in total. The monoisotopic (exact) mass is 344 g/mol. The number of nitrogens with zero attached hydrogens (tertiary/aromatic N) is 1. The van der Waals surface area contributed by atoms with E-state index < -0.39 is 0 Å². The molecule has 0 saturated carbocycles. The first-order chi connectivity index (χ1) is 11.6. The Morgan fingerprint density at radius 2 is 1.92 bits per heavy atom. The van der Waals surface area contributed by atoms with Crippen LogP contribution in [-0.2, 0) is 4.79 Å². The number of anilines is 1. The lowest BCUT2D eigenvalue weighted by atomic mass is 10.2. The van der Waals surface area contributed by atoms with Crippen LogP contribution < -0.4 is 16.0 Å². The second-order valence-corrected chi connectivity index (χ2v) is 6.23. The lowest BCUT2D eigenvalue weighted by Crippen LogP contribution is -2.40. The van der Waals surface area contributed by atoms with Crippen LogP contribution in [0.25, 0.3) is 0 Å². The van der Waals surface area contributed by atoms with Crippen LogP contribution in [-0.4, -0.2) is 35.8 Å². The van der Waals surface area contributed by atoms with E-state index in [1.54, 1.807) is 36.3 Å². The summed E-state index contributed by atoms with van der Waals surface area (Å²) in [5.41, 5.74) is 1.82. The number of urea groups is 1. The zero-order chi connectivity index (χ0) is 17.2. The number of thioether (sulfide) groups is 1. The topological polar surface area (TPSA) is 83.1 Å². The van der Waals surface area contributed by atoms with Crippen molar-refractivity contribution in [3.8, 4) is 0 Å². The van der Waals surface area contributed by atoms with Gasteiger partial charge in [0.2, 0.25) is 5.91 Å². The summed E-state index contributed by atoms with van der Waals surface area (Å²) in [6, 6.07) is 11.3. The summed E-state index contributed by atoms with van der Waals surface area (Å²) in [6.07, 6.45) is 3.16. The van der Waals surface area contributed by atoms with Gasteiger partial charge in [-0.1, -0.05) is 17.7 Å². The number of amides is 3. The first kappa shape index (κ1) is 17.8. The molecule has 0 spiro atoms. The third-order valence-electron chi connectivity index (χ3n) is 3.03. The highest BCUT2D eigenvalue weighted by molar-refractivity contribution is 7.99. The summed E-state index contributed by atoms with van der Waals surface area (Å²) in [5.74, 6) is 0.463. The highest BCUT2D eigenvalue weighted by Crippen LogP contribution is 2.17. The largest absolute Gasteiger partial charge is 0.337 e. The Morgan fingerprint density at radius 1 is 1.12 bits per heavy atom. The summed E-state index contributed by atoms with van der Waals surface area (Å²) in [7, 11) is 0. The van der Waals surface area contributed by atoms with Gasteiger partial charge in [0.05, 0.1) is 18.4 Å². The fraction of sp³-hybridized carbons (Fsp3) is 0.235. The lowest BCUT2D eigenvalue weighted by Gasteiger charge is -2.08. The van der Waals surface area contributed by atoms with Crippen molar-refractivity contribution in [1.29, 1.82) is 0 Å². The minimum Gasteiger partial charge on any atom is -0.337 e. The molecule has 0 saturated heterocycles. The van der Waals surface area contributed by atoms with Crippen molar-refractivity contribution >= 4 is 29.4 Å². The molecule has 3 amide bonds. The molecule has 0 atom stereocenters. The van der Waals surface area contributed by atoms with E-state index in [0.29, 0.717) is 12.2 Å². The highest BCUT2D eigenvalue weighted by atomic mass is 32.2. The number of aromatic nitrogens is 1. The number of carbonyl (C=O) groups excluding carboxylic acids is 2. The van der Waals surface area contributed by atoms with Gasteiger partial charge in [-0.3, -0.25) is 9.78 Å². The van der Waals surface area contributed by atoms with Gasteiger partial charge in [-0.25, -0.2) is 4.79 Å². The standard InChI is InChI=1S/C17H20N4O2S/c1-13-4-6-15(7-5-13)24-10-9-19-17(23)20-12-16(22)21-14-3-2-8-18-11-14/h2-8,11H,9-10,12H2,1H3,(H,21,22)(H2,19,20,23). The maximum absolute atomic E-state index is 11.7. The number of carbonyl (C=O) groups is 2.